The van der Waals surface area contributed by atoms with Crippen molar-refractivity contribution in [1.82, 2.24) is 4.90 Å². The van der Waals surface area contributed by atoms with E-state index in [0.717, 1.165) is 4.90 Å². The number of aliphatic hydroxyl groups excluding tert-OH is 2. The lowest BCUT2D eigenvalue weighted by atomic mass is 10.2. The minimum atomic E-state index is -1.18. The van der Waals surface area contributed by atoms with Crippen LogP contribution in [0.25, 0.3) is 0 Å². The van der Waals surface area contributed by atoms with Crippen LogP contribution in [0.1, 0.15) is 6.42 Å². The Bertz CT molecular complexity index is 270. The van der Waals surface area contributed by atoms with Gasteiger partial charge in [-0.1, -0.05) is 0 Å². The van der Waals surface area contributed by atoms with Gasteiger partial charge >= 0.3 is 5.97 Å². The summed E-state index contributed by atoms with van der Waals surface area (Å²) in [6.45, 7) is -0.596. The standard InChI is InChI=1S/C8H14N2O5/c9-5(3-11)7(13)10-2-4(12)1-6(10)8(14)15/h4-6,11-12H,1-3,9H2,(H,14,15). The number of nitrogens with two attached hydrogens (primary N) is 1. The second-order valence-corrected chi connectivity index (χ2v) is 3.52. The van der Waals surface area contributed by atoms with Crippen molar-refractivity contribution in [1.29, 1.82) is 0 Å². The number of carboxylic acids is 1. The number of aliphatic carboxylic acids is 1. The molecular weight excluding hydrogens is 204 g/mol. The van der Waals surface area contributed by atoms with Crippen LogP contribution in [0, 0.1) is 0 Å². The Labute approximate surface area is 86.1 Å². The van der Waals surface area contributed by atoms with Gasteiger partial charge in [-0.3, -0.25) is 4.79 Å². The fraction of sp³-hybridized carbons (Fsp3) is 0.750. The summed E-state index contributed by atoms with van der Waals surface area (Å²) in [7, 11) is 0. The molecule has 7 nitrogen and oxygen atoms in total. The monoisotopic (exact) mass is 218 g/mol. The zero-order valence-electron chi connectivity index (χ0n) is 8.04. The largest absolute Gasteiger partial charge is 0.480 e. The summed E-state index contributed by atoms with van der Waals surface area (Å²) in [6.07, 6.45) is -0.847. The molecule has 0 spiro atoms. The summed E-state index contributed by atoms with van der Waals surface area (Å²) in [5.41, 5.74) is 5.29. The summed E-state index contributed by atoms with van der Waals surface area (Å²) in [4.78, 5) is 23.3. The topological polar surface area (TPSA) is 124 Å². The number of carboxylic acid groups (broad SMARTS) is 1. The Morgan fingerprint density at radius 3 is 2.60 bits per heavy atom. The molecule has 7 heteroatoms. The second kappa shape index (κ2) is 4.56. The molecule has 0 aromatic carbocycles. The van der Waals surface area contributed by atoms with Crippen molar-refractivity contribution in [3.8, 4) is 0 Å². The van der Waals surface area contributed by atoms with Gasteiger partial charge < -0.3 is 26.0 Å². The van der Waals surface area contributed by atoms with Gasteiger partial charge in [0.05, 0.1) is 12.7 Å². The van der Waals surface area contributed by atoms with Crippen LogP contribution < -0.4 is 5.73 Å². The molecule has 1 saturated heterocycles. The van der Waals surface area contributed by atoms with Crippen molar-refractivity contribution in [2.75, 3.05) is 13.2 Å². The van der Waals surface area contributed by atoms with Gasteiger partial charge in [0.25, 0.3) is 0 Å². The third-order valence-corrected chi connectivity index (χ3v) is 2.36. The number of aliphatic hydroxyl groups is 2. The highest BCUT2D eigenvalue weighted by atomic mass is 16.4. The van der Waals surface area contributed by atoms with Gasteiger partial charge in [-0.25, -0.2) is 4.79 Å². The van der Waals surface area contributed by atoms with Crippen LogP contribution in [-0.4, -0.2) is 63.4 Å². The average molecular weight is 218 g/mol. The predicted octanol–water partition coefficient (Wildman–Crippen LogP) is -2.65. The zero-order valence-corrected chi connectivity index (χ0v) is 8.04. The van der Waals surface area contributed by atoms with E-state index in [1.54, 1.807) is 0 Å². The minimum Gasteiger partial charge on any atom is -0.480 e. The molecule has 1 aliphatic rings. The van der Waals surface area contributed by atoms with Crippen LogP contribution in [0.5, 0.6) is 0 Å². The Balaban J connectivity index is 2.75. The van der Waals surface area contributed by atoms with E-state index in [1.165, 1.54) is 0 Å². The number of carbonyl (C=O) groups excluding carboxylic acids is 1. The normalized spacial score (nSPS) is 27.8. The molecule has 0 bridgehead atoms. The van der Waals surface area contributed by atoms with Gasteiger partial charge in [-0.2, -0.15) is 0 Å². The first-order chi connectivity index (χ1) is 6.97. The van der Waals surface area contributed by atoms with E-state index in [-0.39, 0.29) is 13.0 Å². The van der Waals surface area contributed by atoms with Gasteiger partial charge in [0.2, 0.25) is 5.91 Å². The van der Waals surface area contributed by atoms with Gasteiger partial charge in [-0.05, 0) is 0 Å². The molecule has 15 heavy (non-hydrogen) atoms. The van der Waals surface area contributed by atoms with Gasteiger partial charge in [-0.15, -0.1) is 0 Å². The van der Waals surface area contributed by atoms with Crippen LogP contribution in [0.15, 0.2) is 0 Å². The van der Waals surface area contributed by atoms with Crippen molar-refractivity contribution in [2.24, 2.45) is 5.73 Å². The first kappa shape index (κ1) is 11.9. The minimum absolute atomic E-state index is 0.000772. The lowest BCUT2D eigenvalue weighted by molar-refractivity contribution is -0.149. The van der Waals surface area contributed by atoms with Crippen molar-refractivity contribution < 1.29 is 24.9 Å². The number of hydrogen-bond acceptors (Lipinski definition) is 5. The SMILES string of the molecule is NC(CO)C(=O)N1CC(O)CC1C(=O)O. The molecule has 1 amide bonds. The summed E-state index contributed by atoms with van der Waals surface area (Å²) in [5.74, 6) is -1.83. The number of likely N-dealkylation sites (tertiary alicyclic amines) is 1. The third-order valence-electron chi connectivity index (χ3n) is 2.36. The van der Waals surface area contributed by atoms with E-state index in [4.69, 9.17) is 15.9 Å². The number of hydrogen-bond donors (Lipinski definition) is 4. The molecule has 3 atom stereocenters. The van der Waals surface area contributed by atoms with Crippen molar-refractivity contribution in [2.45, 2.75) is 24.6 Å². The first-order valence-corrected chi connectivity index (χ1v) is 4.55. The van der Waals surface area contributed by atoms with Crippen LogP contribution in [0.4, 0.5) is 0 Å². The molecule has 1 aliphatic heterocycles. The van der Waals surface area contributed by atoms with Crippen LogP contribution in [-0.2, 0) is 9.59 Å². The van der Waals surface area contributed by atoms with E-state index in [0.29, 0.717) is 0 Å². The summed E-state index contributed by atoms with van der Waals surface area (Å²) >= 11 is 0. The van der Waals surface area contributed by atoms with Gasteiger partial charge in [0.1, 0.15) is 12.1 Å². The Morgan fingerprint density at radius 2 is 2.13 bits per heavy atom. The van der Waals surface area contributed by atoms with Crippen LogP contribution in [0.3, 0.4) is 0 Å². The second-order valence-electron chi connectivity index (χ2n) is 3.52. The van der Waals surface area contributed by atoms with E-state index in [9.17, 15) is 14.7 Å². The third kappa shape index (κ3) is 2.44. The molecule has 0 aliphatic carbocycles. The number of carbonyl (C=O) groups is 2. The highest BCUT2D eigenvalue weighted by Gasteiger charge is 2.40. The van der Waals surface area contributed by atoms with E-state index in [1.807, 2.05) is 0 Å². The smallest absolute Gasteiger partial charge is 0.326 e. The Kier molecular flexibility index (Phi) is 3.61. The van der Waals surface area contributed by atoms with E-state index >= 15 is 0 Å². The molecule has 86 valence electrons. The van der Waals surface area contributed by atoms with E-state index < -0.39 is 36.7 Å². The van der Waals surface area contributed by atoms with Crippen LogP contribution in [0.2, 0.25) is 0 Å². The van der Waals surface area contributed by atoms with Crippen molar-refractivity contribution >= 4 is 11.9 Å². The maximum Gasteiger partial charge on any atom is 0.326 e. The summed E-state index contributed by atoms with van der Waals surface area (Å²) in [6, 6.07) is -2.18. The summed E-state index contributed by atoms with van der Waals surface area (Å²) < 4.78 is 0. The molecule has 1 fully saturated rings. The Hall–Kier alpha value is -1.18. The van der Waals surface area contributed by atoms with Gasteiger partial charge in [0, 0.05) is 13.0 Å². The number of amides is 1. The highest BCUT2D eigenvalue weighted by molar-refractivity contribution is 5.87. The molecule has 3 unspecified atom stereocenters. The molecule has 0 aromatic heterocycles. The Morgan fingerprint density at radius 1 is 1.53 bits per heavy atom. The first-order valence-electron chi connectivity index (χ1n) is 4.55. The number of rotatable bonds is 3. The van der Waals surface area contributed by atoms with Crippen molar-refractivity contribution in [3.63, 3.8) is 0 Å². The lowest BCUT2D eigenvalue weighted by Gasteiger charge is -2.23. The highest BCUT2D eigenvalue weighted by Crippen LogP contribution is 2.18. The number of β-amino-alcohol motifs (C(OH)–C–C–N with tert-alkyl or cyclic N) is 1. The van der Waals surface area contributed by atoms with Crippen molar-refractivity contribution in [3.05, 3.63) is 0 Å². The molecule has 1 rings (SSSR count). The molecule has 0 radical (unpaired) electrons. The molecule has 0 saturated carbocycles. The molecular formula is C8H14N2O5. The maximum atomic E-state index is 11.5. The van der Waals surface area contributed by atoms with Crippen LogP contribution >= 0.6 is 0 Å². The maximum absolute atomic E-state index is 11.5. The fourth-order valence-corrected chi connectivity index (χ4v) is 1.58. The number of nitrogens with zero attached hydrogens (tertiary/aromatic N) is 1. The predicted molar refractivity (Wildman–Crippen MR) is 48.8 cm³/mol. The molecule has 1 heterocycles. The lowest BCUT2D eigenvalue weighted by Crippen LogP contribution is -2.50. The van der Waals surface area contributed by atoms with E-state index in [2.05, 4.69) is 0 Å². The zero-order chi connectivity index (χ0) is 11.6. The molecule has 0 aromatic rings. The fourth-order valence-electron chi connectivity index (χ4n) is 1.58. The quantitative estimate of drug-likeness (QED) is 0.410. The summed E-state index contributed by atoms with van der Waals surface area (Å²) in [5, 5.41) is 26.7. The average Bonchev–Trinajstić information content (AvgIpc) is 2.58. The van der Waals surface area contributed by atoms with Gasteiger partial charge in [0.15, 0.2) is 0 Å². The molecule has 5 N–H and O–H groups in total.